The number of ketones is 2. The van der Waals surface area contributed by atoms with Crippen LogP contribution in [0.5, 0.6) is 0 Å². The molecule has 0 bridgehead atoms. The molecule has 0 atom stereocenters. The number of allylic oxidation sites excluding steroid dienone is 1. The van der Waals surface area contributed by atoms with Gasteiger partial charge in [0.05, 0.1) is 6.42 Å². The van der Waals surface area contributed by atoms with Crippen molar-refractivity contribution in [2.24, 2.45) is 0 Å². The Labute approximate surface area is 82.6 Å². The van der Waals surface area contributed by atoms with Crippen molar-refractivity contribution in [1.82, 2.24) is 0 Å². The maximum atomic E-state index is 11.3. The first kappa shape index (κ1) is 12.6. The van der Waals surface area contributed by atoms with Crippen molar-refractivity contribution in [2.45, 2.75) is 33.1 Å². The topological polar surface area (TPSA) is 71.4 Å². The minimum absolute atomic E-state index is 0.0897. The summed E-state index contributed by atoms with van der Waals surface area (Å²) in [5, 5.41) is 8.51. The normalized spacial score (nSPS) is 11.1. The molecule has 0 aliphatic rings. The van der Waals surface area contributed by atoms with E-state index >= 15 is 0 Å². The molecule has 14 heavy (non-hydrogen) atoms. The predicted octanol–water partition coefficient (Wildman–Crippen LogP) is 1.35. The minimum Gasteiger partial charge on any atom is -0.481 e. The van der Waals surface area contributed by atoms with Crippen LogP contribution in [0.1, 0.15) is 33.1 Å². The molecular weight excluding hydrogens is 184 g/mol. The Balaban J connectivity index is 4.63. The highest BCUT2D eigenvalue weighted by molar-refractivity contribution is 6.04. The van der Waals surface area contributed by atoms with E-state index in [0.717, 1.165) is 6.08 Å². The molecule has 0 rings (SSSR count). The standard InChI is InChI=1S/C10H14O4/c1-3-4-9(12)8(5-7(2)11)6-10(13)14/h5H,3-4,6H2,1-2H3,(H,13,14)/b8-5-. The lowest BCUT2D eigenvalue weighted by atomic mass is 10.0. The maximum absolute atomic E-state index is 11.3. The van der Waals surface area contributed by atoms with Crippen molar-refractivity contribution in [1.29, 1.82) is 0 Å². The molecule has 0 spiro atoms. The van der Waals surface area contributed by atoms with Gasteiger partial charge < -0.3 is 5.11 Å². The van der Waals surface area contributed by atoms with Crippen LogP contribution in [0, 0.1) is 0 Å². The second kappa shape index (κ2) is 6.07. The molecule has 0 aromatic carbocycles. The van der Waals surface area contributed by atoms with Crippen LogP contribution in [0.4, 0.5) is 0 Å². The third-order valence-corrected chi connectivity index (χ3v) is 1.55. The lowest BCUT2D eigenvalue weighted by molar-refractivity contribution is -0.137. The van der Waals surface area contributed by atoms with Crippen molar-refractivity contribution in [2.75, 3.05) is 0 Å². The summed E-state index contributed by atoms with van der Waals surface area (Å²) >= 11 is 0. The fourth-order valence-corrected chi connectivity index (χ4v) is 1.03. The fourth-order valence-electron chi connectivity index (χ4n) is 1.03. The molecule has 78 valence electrons. The van der Waals surface area contributed by atoms with Gasteiger partial charge in [-0.15, -0.1) is 0 Å². The van der Waals surface area contributed by atoms with E-state index in [2.05, 4.69) is 0 Å². The van der Waals surface area contributed by atoms with Crippen molar-refractivity contribution < 1.29 is 19.5 Å². The molecular formula is C10H14O4. The Morgan fingerprint density at radius 3 is 2.21 bits per heavy atom. The number of aliphatic carboxylic acids is 1. The Morgan fingerprint density at radius 1 is 1.29 bits per heavy atom. The lowest BCUT2D eigenvalue weighted by Crippen LogP contribution is -2.09. The van der Waals surface area contributed by atoms with Crippen LogP contribution in [0.2, 0.25) is 0 Å². The summed E-state index contributed by atoms with van der Waals surface area (Å²) in [7, 11) is 0. The maximum Gasteiger partial charge on any atom is 0.307 e. The minimum atomic E-state index is -1.10. The molecule has 0 fully saturated rings. The van der Waals surface area contributed by atoms with Crippen molar-refractivity contribution in [3.63, 3.8) is 0 Å². The molecule has 4 heteroatoms. The van der Waals surface area contributed by atoms with E-state index in [0.29, 0.717) is 6.42 Å². The summed E-state index contributed by atoms with van der Waals surface area (Å²) < 4.78 is 0. The van der Waals surface area contributed by atoms with E-state index < -0.39 is 5.97 Å². The number of carbonyl (C=O) groups excluding carboxylic acids is 2. The van der Waals surface area contributed by atoms with Gasteiger partial charge in [-0.3, -0.25) is 14.4 Å². The zero-order valence-electron chi connectivity index (χ0n) is 8.37. The molecule has 0 aliphatic heterocycles. The monoisotopic (exact) mass is 198 g/mol. The average molecular weight is 198 g/mol. The van der Waals surface area contributed by atoms with Gasteiger partial charge in [0.1, 0.15) is 0 Å². The molecule has 0 aliphatic carbocycles. The summed E-state index contributed by atoms with van der Waals surface area (Å²) in [6, 6.07) is 0. The van der Waals surface area contributed by atoms with E-state index in [-0.39, 0.29) is 30.0 Å². The third-order valence-electron chi connectivity index (χ3n) is 1.55. The quantitative estimate of drug-likeness (QED) is 0.654. The highest BCUT2D eigenvalue weighted by atomic mass is 16.4. The molecule has 0 radical (unpaired) electrons. The van der Waals surface area contributed by atoms with Gasteiger partial charge in [-0.25, -0.2) is 0 Å². The van der Waals surface area contributed by atoms with Gasteiger partial charge in [0.15, 0.2) is 11.6 Å². The number of carbonyl (C=O) groups is 3. The average Bonchev–Trinajstić information content (AvgIpc) is 2.01. The van der Waals surface area contributed by atoms with Crippen LogP contribution in [-0.4, -0.2) is 22.6 Å². The Morgan fingerprint density at radius 2 is 1.86 bits per heavy atom. The van der Waals surface area contributed by atoms with Crippen LogP contribution in [0.3, 0.4) is 0 Å². The Kier molecular flexibility index (Phi) is 5.44. The van der Waals surface area contributed by atoms with E-state index in [1.54, 1.807) is 0 Å². The highest BCUT2D eigenvalue weighted by Gasteiger charge is 2.12. The molecule has 0 saturated carbocycles. The molecule has 1 N–H and O–H groups in total. The second-order valence-corrected chi connectivity index (χ2v) is 3.02. The van der Waals surface area contributed by atoms with Gasteiger partial charge >= 0.3 is 5.97 Å². The van der Waals surface area contributed by atoms with Crippen LogP contribution < -0.4 is 0 Å². The largest absolute Gasteiger partial charge is 0.481 e. The number of hydrogen-bond donors (Lipinski definition) is 1. The van der Waals surface area contributed by atoms with Gasteiger partial charge in [0, 0.05) is 12.0 Å². The number of rotatable bonds is 6. The molecule has 0 aromatic rings. The summed E-state index contributed by atoms with van der Waals surface area (Å²) in [4.78, 5) is 32.4. The number of carboxylic acids is 1. The van der Waals surface area contributed by atoms with Crippen molar-refractivity contribution in [3.8, 4) is 0 Å². The molecule has 4 nitrogen and oxygen atoms in total. The van der Waals surface area contributed by atoms with Crippen LogP contribution >= 0.6 is 0 Å². The van der Waals surface area contributed by atoms with E-state index in [9.17, 15) is 14.4 Å². The SMILES string of the molecule is CCCC(=O)/C(=C\C(C)=O)CC(=O)O. The zero-order valence-corrected chi connectivity index (χ0v) is 8.37. The van der Waals surface area contributed by atoms with Crippen LogP contribution in [0.15, 0.2) is 11.6 Å². The second-order valence-electron chi connectivity index (χ2n) is 3.02. The number of hydrogen-bond acceptors (Lipinski definition) is 3. The van der Waals surface area contributed by atoms with E-state index in [1.807, 2.05) is 6.92 Å². The first-order valence-electron chi connectivity index (χ1n) is 4.43. The van der Waals surface area contributed by atoms with Gasteiger partial charge in [0.2, 0.25) is 0 Å². The lowest BCUT2D eigenvalue weighted by Gasteiger charge is -2.01. The van der Waals surface area contributed by atoms with Crippen LogP contribution in [-0.2, 0) is 14.4 Å². The fraction of sp³-hybridized carbons (Fsp3) is 0.500. The molecule has 0 amide bonds. The molecule has 0 saturated heterocycles. The molecule has 0 unspecified atom stereocenters. The first-order chi connectivity index (χ1) is 6.47. The summed E-state index contributed by atoms with van der Waals surface area (Å²) in [5.74, 6) is -1.65. The van der Waals surface area contributed by atoms with Crippen molar-refractivity contribution in [3.05, 3.63) is 11.6 Å². The summed E-state index contributed by atoms with van der Waals surface area (Å²) in [6.45, 7) is 3.12. The zero-order chi connectivity index (χ0) is 11.1. The Bertz CT molecular complexity index is 276. The molecule has 0 heterocycles. The molecule has 0 aromatic heterocycles. The summed E-state index contributed by atoms with van der Waals surface area (Å²) in [6.07, 6.45) is 1.66. The highest BCUT2D eigenvalue weighted by Crippen LogP contribution is 2.07. The van der Waals surface area contributed by atoms with Crippen LogP contribution in [0.25, 0.3) is 0 Å². The van der Waals surface area contributed by atoms with E-state index in [1.165, 1.54) is 6.92 Å². The first-order valence-corrected chi connectivity index (χ1v) is 4.43. The number of Topliss-reactive ketones (excluding diaryl/α,β-unsaturated/α-hetero) is 1. The third kappa shape index (κ3) is 5.24. The number of carboxylic acid groups (broad SMARTS) is 1. The van der Waals surface area contributed by atoms with Gasteiger partial charge in [0.25, 0.3) is 0 Å². The van der Waals surface area contributed by atoms with Gasteiger partial charge in [-0.2, -0.15) is 0 Å². The smallest absolute Gasteiger partial charge is 0.307 e. The van der Waals surface area contributed by atoms with E-state index in [4.69, 9.17) is 5.11 Å². The Hall–Kier alpha value is -1.45. The summed E-state index contributed by atoms with van der Waals surface area (Å²) in [5.41, 5.74) is 0.0897. The van der Waals surface area contributed by atoms with Gasteiger partial charge in [-0.05, 0) is 19.4 Å². The van der Waals surface area contributed by atoms with Gasteiger partial charge in [-0.1, -0.05) is 6.92 Å². The van der Waals surface area contributed by atoms with Crippen molar-refractivity contribution >= 4 is 17.5 Å². The predicted molar refractivity (Wildman–Crippen MR) is 50.9 cm³/mol.